The molecule has 4 rings (SSSR count). The maximum atomic E-state index is 12.9. The normalized spacial score (nSPS) is 22.9. The van der Waals surface area contributed by atoms with E-state index in [4.69, 9.17) is 0 Å². The molecule has 3 unspecified atom stereocenters. The molecule has 156 valence electrons. The van der Waals surface area contributed by atoms with E-state index in [-0.39, 0.29) is 18.5 Å². The van der Waals surface area contributed by atoms with Crippen LogP contribution < -0.4 is 10.5 Å². The third-order valence-electron chi connectivity index (χ3n) is 5.51. The molecule has 2 amide bonds. The summed E-state index contributed by atoms with van der Waals surface area (Å²) in [6.07, 6.45) is 1.71. The first-order valence-electron chi connectivity index (χ1n) is 9.48. The highest BCUT2D eigenvalue weighted by molar-refractivity contribution is 5.99. The van der Waals surface area contributed by atoms with Crippen LogP contribution in [0, 0.1) is 5.21 Å². The van der Waals surface area contributed by atoms with E-state index in [1.807, 2.05) is 6.07 Å². The Kier molecular flexibility index (Phi) is 5.04. The zero-order chi connectivity index (χ0) is 21.5. The Morgan fingerprint density at radius 2 is 1.90 bits per heavy atom. The number of quaternary nitrogens is 1. The zero-order valence-electron chi connectivity index (χ0n) is 16.3. The molecule has 1 saturated heterocycles. The van der Waals surface area contributed by atoms with Gasteiger partial charge in [-0.2, -0.15) is 5.23 Å². The van der Waals surface area contributed by atoms with Crippen molar-refractivity contribution in [1.29, 1.82) is 0 Å². The molecule has 30 heavy (non-hydrogen) atoms. The van der Waals surface area contributed by atoms with Crippen molar-refractivity contribution in [2.75, 3.05) is 7.05 Å². The predicted molar refractivity (Wildman–Crippen MR) is 108 cm³/mol. The number of nitrogens with zero attached hydrogens (tertiary/aromatic N) is 1. The van der Waals surface area contributed by atoms with Crippen LogP contribution in [0.5, 0.6) is 0 Å². The molecule has 0 bridgehead atoms. The topological polar surface area (TPSA) is 133 Å². The molecule has 1 aliphatic rings. The Morgan fingerprint density at radius 3 is 2.60 bits per heavy atom. The summed E-state index contributed by atoms with van der Waals surface area (Å²) in [7, 11) is 1.47. The lowest BCUT2D eigenvalue weighted by atomic mass is 9.94. The van der Waals surface area contributed by atoms with Crippen molar-refractivity contribution < 1.29 is 25.1 Å². The first-order valence-corrected chi connectivity index (χ1v) is 9.48. The van der Waals surface area contributed by atoms with Gasteiger partial charge in [-0.3, -0.25) is 9.59 Å². The summed E-state index contributed by atoms with van der Waals surface area (Å²) in [5.74, 6) is -1.12. The lowest BCUT2D eigenvalue weighted by molar-refractivity contribution is -0.990. The first-order chi connectivity index (χ1) is 14.3. The maximum absolute atomic E-state index is 12.9. The molecular weight excluding hydrogens is 388 g/mol. The van der Waals surface area contributed by atoms with E-state index in [0.29, 0.717) is 22.0 Å². The van der Waals surface area contributed by atoms with Crippen molar-refractivity contribution >= 4 is 28.4 Å². The predicted octanol–water partition coefficient (Wildman–Crippen LogP) is 0.00190. The van der Waals surface area contributed by atoms with Gasteiger partial charge in [0.2, 0.25) is 11.6 Å². The molecule has 9 nitrogen and oxygen atoms in total. The molecule has 0 radical (unpaired) electrons. The van der Waals surface area contributed by atoms with Gasteiger partial charge in [-0.15, -0.1) is 0 Å². The lowest BCUT2D eigenvalue weighted by Crippen LogP contribution is -2.99. The summed E-state index contributed by atoms with van der Waals surface area (Å²) >= 11 is 0. The van der Waals surface area contributed by atoms with Crippen LogP contribution in [0.15, 0.2) is 54.7 Å². The average molecular weight is 410 g/mol. The highest BCUT2D eigenvalue weighted by atomic mass is 16.8. The number of aliphatic hydroxyl groups is 1. The van der Waals surface area contributed by atoms with Gasteiger partial charge in [0.15, 0.2) is 5.69 Å². The van der Waals surface area contributed by atoms with Crippen LogP contribution in [0.4, 0.5) is 5.69 Å². The van der Waals surface area contributed by atoms with E-state index < -0.39 is 28.8 Å². The van der Waals surface area contributed by atoms with Crippen LogP contribution in [0.1, 0.15) is 11.1 Å². The number of hydrogen-bond acceptors (Lipinski definition) is 5. The number of fused-ring (bicyclic) bond motifs is 1. The second-order valence-electron chi connectivity index (χ2n) is 7.50. The SMILES string of the molecule is CN1C(=O)C(O)(Cc2ccccc2)NC(=O)C1Cc1c[nH]c2cccc([NH+]([O-])O)c12. The third-order valence-corrected chi connectivity index (χ3v) is 5.51. The van der Waals surface area contributed by atoms with Crippen molar-refractivity contribution in [3.63, 3.8) is 0 Å². The number of hydrogen-bond donors (Lipinski definition) is 5. The molecule has 9 heteroatoms. The quantitative estimate of drug-likeness (QED) is 0.378. The van der Waals surface area contributed by atoms with Crippen LogP contribution in [-0.2, 0) is 22.4 Å². The smallest absolute Gasteiger partial charge is 0.276 e. The van der Waals surface area contributed by atoms with Gasteiger partial charge < -0.3 is 25.5 Å². The van der Waals surface area contributed by atoms with Crippen LogP contribution in [0.2, 0.25) is 0 Å². The number of carbonyl (C=O) groups is 2. The fourth-order valence-corrected chi connectivity index (χ4v) is 3.99. The van der Waals surface area contributed by atoms with Crippen LogP contribution in [-0.4, -0.2) is 50.8 Å². The minimum Gasteiger partial charge on any atom is -0.595 e. The van der Waals surface area contributed by atoms with Crippen LogP contribution in [0.3, 0.4) is 0 Å². The molecule has 1 aliphatic heterocycles. The Hall–Kier alpha value is -3.24. The molecule has 2 heterocycles. The number of piperazine rings is 1. The Bertz CT molecular complexity index is 1100. The van der Waals surface area contributed by atoms with E-state index in [1.54, 1.807) is 42.6 Å². The number of likely N-dealkylation sites (N-methyl/N-ethyl adjacent to an activating group) is 1. The average Bonchev–Trinajstić information content (AvgIpc) is 3.13. The van der Waals surface area contributed by atoms with Crippen molar-refractivity contribution in [3.8, 4) is 0 Å². The van der Waals surface area contributed by atoms with Gasteiger partial charge in [-0.1, -0.05) is 36.4 Å². The van der Waals surface area contributed by atoms with Crippen molar-refractivity contribution in [2.24, 2.45) is 0 Å². The highest BCUT2D eigenvalue weighted by Crippen LogP contribution is 2.28. The molecule has 0 spiro atoms. The van der Waals surface area contributed by atoms with Crippen LogP contribution >= 0.6 is 0 Å². The summed E-state index contributed by atoms with van der Waals surface area (Å²) < 4.78 is 0. The second kappa shape index (κ2) is 7.54. The second-order valence-corrected chi connectivity index (χ2v) is 7.50. The summed E-state index contributed by atoms with van der Waals surface area (Å²) in [4.78, 5) is 30.0. The molecule has 0 aliphatic carbocycles. The van der Waals surface area contributed by atoms with Gasteiger partial charge >= 0.3 is 0 Å². The zero-order valence-corrected chi connectivity index (χ0v) is 16.3. The molecule has 1 fully saturated rings. The Morgan fingerprint density at radius 1 is 1.17 bits per heavy atom. The fourth-order valence-electron chi connectivity index (χ4n) is 3.99. The standard InChI is InChI=1S/C21H22N4O5/c1-24-17(10-14-12-22-15-8-5-9-16(18(14)15)25(29)30)19(26)23-21(28,20(24)27)11-13-6-3-2-4-7-13/h2-9,12,17,22,25,28-29H,10-11H2,1H3,(H,23,26). The number of H-pyrrole nitrogens is 1. The summed E-state index contributed by atoms with van der Waals surface area (Å²) in [5, 5.41) is 33.9. The maximum Gasteiger partial charge on any atom is 0.276 e. The first kappa shape index (κ1) is 20.0. The van der Waals surface area contributed by atoms with E-state index in [1.165, 1.54) is 18.0 Å². The number of rotatable bonds is 5. The van der Waals surface area contributed by atoms with Crippen molar-refractivity contribution in [1.82, 2.24) is 15.2 Å². The largest absolute Gasteiger partial charge is 0.595 e. The van der Waals surface area contributed by atoms with E-state index in [2.05, 4.69) is 10.3 Å². The van der Waals surface area contributed by atoms with E-state index in [9.17, 15) is 25.1 Å². The monoisotopic (exact) mass is 410 g/mol. The fraction of sp³-hybridized carbons (Fsp3) is 0.238. The molecule has 3 atom stereocenters. The van der Waals surface area contributed by atoms with Gasteiger partial charge in [-0.25, -0.2) is 5.21 Å². The molecule has 1 aromatic heterocycles. The van der Waals surface area contributed by atoms with Gasteiger partial charge in [0.05, 0.1) is 10.9 Å². The number of aromatic amines is 1. The molecule has 2 aromatic carbocycles. The lowest BCUT2D eigenvalue weighted by Gasteiger charge is -2.41. The number of benzene rings is 2. The summed E-state index contributed by atoms with van der Waals surface area (Å²) in [6, 6.07) is 12.9. The van der Waals surface area contributed by atoms with Gasteiger partial charge in [0.1, 0.15) is 6.04 Å². The molecule has 0 saturated carbocycles. The number of nitrogens with one attached hydrogen (secondary N) is 3. The summed E-state index contributed by atoms with van der Waals surface area (Å²) in [6.45, 7) is 0. The van der Waals surface area contributed by atoms with Gasteiger partial charge in [0, 0.05) is 32.2 Å². The molecule has 5 N–H and O–H groups in total. The molecule has 3 aromatic rings. The number of amides is 2. The Labute approximate surface area is 172 Å². The van der Waals surface area contributed by atoms with Gasteiger partial charge in [-0.05, 0) is 17.2 Å². The minimum atomic E-state index is -2.03. The van der Waals surface area contributed by atoms with Crippen molar-refractivity contribution in [2.45, 2.75) is 24.6 Å². The Balaban J connectivity index is 1.61. The number of carbonyl (C=O) groups excluding carboxylic acids is 2. The minimum absolute atomic E-state index is 0.0499. The van der Waals surface area contributed by atoms with Crippen molar-refractivity contribution in [3.05, 3.63) is 71.1 Å². The van der Waals surface area contributed by atoms with E-state index >= 15 is 0 Å². The van der Waals surface area contributed by atoms with E-state index in [0.717, 1.165) is 0 Å². The highest BCUT2D eigenvalue weighted by Gasteiger charge is 2.48. The van der Waals surface area contributed by atoms with Crippen LogP contribution in [0.25, 0.3) is 10.9 Å². The number of aromatic nitrogens is 1. The summed E-state index contributed by atoms with van der Waals surface area (Å²) in [5.41, 5.74) is 0.0422. The third kappa shape index (κ3) is 3.44. The molecular formula is C21H22N4O5. The van der Waals surface area contributed by atoms with Gasteiger partial charge in [0.25, 0.3) is 5.91 Å².